The normalized spacial score (nSPS) is 26.2. The second kappa shape index (κ2) is 15.5. The third kappa shape index (κ3) is 12.4. The molecule has 0 saturated carbocycles. The molecule has 50 heavy (non-hydrogen) atoms. The van der Waals surface area contributed by atoms with Crippen LogP contribution in [0.2, 0.25) is 0 Å². The molecule has 5 unspecified atom stereocenters. The summed E-state index contributed by atoms with van der Waals surface area (Å²) in [5.74, 6) is -0.483. The van der Waals surface area contributed by atoms with Gasteiger partial charge in [-0.3, -0.25) is 23.4 Å². The van der Waals surface area contributed by atoms with Crippen LogP contribution in [0.5, 0.6) is 0 Å². The molecule has 9 atom stereocenters. The number of hydrogen-bond donors (Lipinski definition) is 11. The summed E-state index contributed by atoms with van der Waals surface area (Å²) in [5.41, 5.74) is 4.38. The van der Waals surface area contributed by atoms with Gasteiger partial charge in [-0.15, -0.1) is 0 Å². The predicted molar refractivity (Wildman–Crippen MR) is 159 cm³/mol. The van der Waals surface area contributed by atoms with Crippen molar-refractivity contribution in [2.75, 3.05) is 5.73 Å². The van der Waals surface area contributed by atoms with Gasteiger partial charge in [0.2, 0.25) is 5.95 Å². The molecule has 0 amide bonds. The molecule has 1 aliphatic rings. The highest BCUT2D eigenvalue weighted by atomic mass is 31.3. The van der Waals surface area contributed by atoms with Gasteiger partial charge in [0.05, 0.1) is 6.33 Å². The molecule has 0 radical (unpaired) electrons. The Hall–Kier alpha value is -1.37. The summed E-state index contributed by atoms with van der Waals surface area (Å²) in [5, 5.41) is 11.3. The summed E-state index contributed by atoms with van der Waals surface area (Å²) in [6.07, 6.45) is -9.29. The monoisotopic (exact) mass is 845 g/mol. The number of hydrogen-bond acceptors (Lipinski definition) is 18. The van der Waals surface area contributed by atoms with Crippen LogP contribution >= 0.6 is 46.9 Å². The minimum absolute atomic E-state index is 0.326. The number of anilines is 1. The van der Waals surface area contributed by atoms with Crippen LogP contribution in [0.15, 0.2) is 22.8 Å². The number of ether oxygens (including phenoxy) is 1. The van der Waals surface area contributed by atoms with Crippen molar-refractivity contribution in [3.63, 3.8) is 0 Å². The average Bonchev–Trinajstić information content (AvgIpc) is 3.42. The summed E-state index contributed by atoms with van der Waals surface area (Å²) in [4.78, 5) is 97.1. The Bertz CT molecular complexity index is 1950. The Morgan fingerprint density at radius 2 is 1.50 bits per heavy atom. The molecule has 28 nitrogen and oxygen atoms in total. The van der Waals surface area contributed by atoms with Crippen molar-refractivity contribution in [3.05, 3.63) is 28.3 Å². The highest BCUT2D eigenvalue weighted by molar-refractivity contribution is 7.67. The number of aliphatic hydroxyl groups excluding tert-OH is 1. The zero-order valence-electron chi connectivity index (χ0n) is 24.8. The number of rotatable bonds is 17. The number of fused-ring (bicyclic) bond motifs is 1. The first-order valence-electron chi connectivity index (χ1n) is 12.9. The van der Waals surface area contributed by atoms with E-state index in [0.29, 0.717) is 12.0 Å². The van der Waals surface area contributed by atoms with Gasteiger partial charge in [-0.2, -0.15) is 22.2 Å². The molecule has 3 heterocycles. The van der Waals surface area contributed by atoms with Crippen molar-refractivity contribution >= 4 is 64.0 Å². The van der Waals surface area contributed by atoms with Crippen LogP contribution < -0.4 is 11.3 Å². The maximum absolute atomic E-state index is 12.9. The largest absolute Gasteiger partial charge is 0.490 e. The van der Waals surface area contributed by atoms with Gasteiger partial charge in [-0.1, -0.05) is 18.6 Å². The number of aromatic amines is 1. The molecular weight excluding hydrogens is 816 g/mol. The van der Waals surface area contributed by atoms with E-state index in [-0.39, 0.29) is 0 Å². The predicted octanol–water partition coefficient (Wildman–Crippen LogP) is 0.130. The third-order valence-electron chi connectivity index (χ3n) is 5.95. The van der Waals surface area contributed by atoms with Crippen LogP contribution in [0.3, 0.4) is 0 Å². The summed E-state index contributed by atoms with van der Waals surface area (Å²) >= 11 is 0. The number of nitrogens with one attached hydrogen (secondary N) is 1. The van der Waals surface area contributed by atoms with Crippen LogP contribution in [0.4, 0.5) is 5.95 Å². The Morgan fingerprint density at radius 3 is 2.02 bits per heavy atom. The molecule has 1 saturated heterocycles. The number of nitrogens with two attached hydrogens (primary N) is 1. The van der Waals surface area contributed by atoms with Crippen LogP contribution in [-0.4, -0.2) is 88.2 Å². The highest BCUT2D eigenvalue weighted by Crippen LogP contribution is 2.68. The van der Waals surface area contributed by atoms with Gasteiger partial charge in [-0.25, -0.2) is 32.4 Å². The van der Waals surface area contributed by atoms with Crippen LogP contribution in [-0.2, 0) is 58.4 Å². The van der Waals surface area contributed by atoms with Crippen molar-refractivity contribution in [2.24, 2.45) is 0 Å². The van der Waals surface area contributed by atoms with Gasteiger partial charge >= 0.3 is 46.9 Å². The maximum atomic E-state index is 12.9. The number of aromatic nitrogens is 4. The van der Waals surface area contributed by atoms with Crippen molar-refractivity contribution in [1.29, 1.82) is 0 Å². The molecule has 2 aromatic rings. The summed E-state index contributed by atoms with van der Waals surface area (Å²) in [6, 6.07) is 0. The molecular formula is C16H29N5O23P6. The number of imidazole rings is 1. The van der Waals surface area contributed by atoms with E-state index < -0.39 is 107 Å². The lowest BCUT2D eigenvalue weighted by Crippen LogP contribution is -2.41. The zero-order chi connectivity index (χ0) is 38.3. The van der Waals surface area contributed by atoms with E-state index >= 15 is 0 Å². The first-order valence-corrected chi connectivity index (χ1v) is 21.9. The Morgan fingerprint density at radius 1 is 0.960 bits per heavy atom. The maximum Gasteiger partial charge on any atom is 0.490 e. The fourth-order valence-corrected chi connectivity index (χ4v) is 10.5. The molecule has 1 aliphatic heterocycles. The first kappa shape index (κ1) is 43.0. The van der Waals surface area contributed by atoms with Crippen LogP contribution in [0.25, 0.3) is 11.2 Å². The van der Waals surface area contributed by atoms with E-state index in [1.807, 2.05) is 0 Å². The van der Waals surface area contributed by atoms with Gasteiger partial charge in [-0.05, 0) is 19.8 Å². The van der Waals surface area contributed by atoms with Crippen LogP contribution in [0, 0.1) is 0 Å². The summed E-state index contributed by atoms with van der Waals surface area (Å²) in [7, 11) is -36.1. The minimum Gasteiger partial charge on any atom is -0.386 e. The smallest absolute Gasteiger partial charge is 0.386 e. The second-order valence-electron chi connectivity index (χ2n) is 9.79. The van der Waals surface area contributed by atoms with E-state index in [1.54, 1.807) is 6.92 Å². The number of nitrogen functional groups attached to an aromatic ring is 1. The molecule has 3 rings (SSSR count). The quantitative estimate of drug-likeness (QED) is 0.0744. The lowest BCUT2D eigenvalue weighted by atomic mass is 10.0. The highest BCUT2D eigenvalue weighted by Gasteiger charge is 2.55. The third-order valence-corrected chi connectivity index (χ3v) is 13.7. The van der Waals surface area contributed by atoms with Crippen molar-refractivity contribution < 1.29 is 103 Å². The molecule has 12 N–H and O–H groups in total. The molecule has 0 bridgehead atoms. The minimum atomic E-state index is -6.15. The molecule has 2 aromatic heterocycles. The van der Waals surface area contributed by atoms with Gasteiger partial charge in [0.25, 0.3) is 5.56 Å². The molecule has 0 aliphatic carbocycles. The van der Waals surface area contributed by atoms with Crippen LogP contribution in [0.1, 0.15) is 32.9 Å². The average molecular weight is 845 g/mol. The van der Waals surface area contributed by atoms with E-state index in [1.165, 1.54) is 13.0 Å². The number of H-pyrrole nitrogens is 1. The number of allylic oxidation sites excluding steroid dienone is 1. The van der Waals surface area contributed by atoms with E-state index in [2.05, 4.69) is 32.2 Å². The molecule has 0 spiro atoms. The summed E-state index contributed by atoms with van der Waals surface area (Å²) < 4.78 is 103. The van der Waals surface area contributed by atoms with E-state index in [4.69, 9.17) is 39.1 Å². The van der Waals surface area contributed by atoms with E-state index in [0.717, 1.165) is 10.9 Å². The molecule has 34 heteroatoms. The molecule has 0 aromatic carbocycles. The summed E-state index contributed by atoms with van der Waals surface area (Å²) in [6.45, 7) is 3.18. The van der Waals surface area contributed by atoms with Gasteiger partial charge in [0.15, 0.2) is 17.4 Å². The zero-order valence-corrected chi connectivity index (χ0v) is 30.2. The van der Waals surface area contributed by atoms with Gasteiger partial charge in [0.1, 0.15) is 24.4 Å². The Labute approximate surface area is 277 Å². The lowest BCUT2D eigenvalue weighted by Gasteiger charge is -2.29. The Kier molecular flexibility index (Phi) is 13.4. The SMILES string of the molecule is CCC(C)=CCC(OP(=O)(O)OP(=O)(O)OP(=O)(O)O)[C@H]1O[C@@H](n2cnc3c(=O)[nH]c(N)nc32)[C@H](O)[C@@H]1OP(=O)(O)OP(=O)(O)OP(=O)(O)O. The second-order valence-corrected chi connectivity index (χ2v) is 18.5. The lowest BCUT2D eigenvalue weighted by molar-refractivity contribution is -0.0790. The molecule has 1 fully saturated rings. The van der Waals surface area contributed by atoms with Gasteiger partial charge in [0, 0.05) is 0 Å². The van der Waals surface area contributed by atoms with Gasteiger partial charge < -0.3 is 54.7 Å². The molecule has 286 valence electrons. The van der Waals surface area contributed by atoms with Crippen molar-refractivity contribution in [3.8, 4) is 0 Å². The number of phosphoric acid groups is 6. The number of nitrogens with zero attached hydrogens (tertiary/aromatic N) is 3. The fraction of sp³-hybridized carbons (Fsp3) is 0.562. The fourth-order valence-electron chi connectivity index (χ4n) is 4.08. The number of aliphatic hydroxyl groups is 1. The standard InChI is InChI=1S/C16H29N5O23P6/c1-3-7(2)4-5-8(39-47(30,31)43-49(34,35)41-45(24,25)26)11-12(40-48(32,33)44-50(36,37)42-46(27,28)29)10(22)15(38-11)21-6-18-9-13(21)19-16(17)20-14(9)23/h4,6,8,10-12,15,22H,3,5H2,1-2H3,(H,30,31)(H,32,33)(H,34,35)(H,36,37)(H2,24,25,26)(H2,27,28,29)(H3,17,19,20,23)/t8?,10-,11-,12+,15-/m1/s1. The topological polar surface area (TPSA) is 439 Å². The van der Waals surface area contributed by atoms with E-state index in [9.17, 15) is 56.9 Å². The van der Waals surface area contributed by atoms with Crippen molar-refractivity contribution in [1.82, 2.24) is 19.5 Å². The van der Waals surface area contributed by atoms with Crippen molar-refractivity contribution in [2.45, 2.75) is 57.3 Å². The number of phosphoric ester groups is 2. The Balaban J connectivity index is 2.13. The first-order chi connectivity index (χ1) is 22.5.